The normalized spacial score (nSPS) is 11.2. The van der Waals surface area contributed by atoms with Crippen LogP contribution >= 0.6 is 0 Å². The Labute approximate surface area is 144 Å². The van der Waals surface area contributed by atoms with Crippen molar-refractivity contribution in [1.29, 1.82) is 0 Å². The molecule has 2 aromatic heterocycles. The van der Waals surface area contributed by atoms with E-state index in [1.807, 2.05) is 54.7 Å². The highest BCUT2D eigenvalue weighted by Crippen LogP contribution is 2.38. The topological polar surface area (TPSA) is 30.4 Å². The molecule has 0 aliphatic rings. The van der Waals surface area contributed by atoms with Gasteiger partial charge in [-0.25, -0.2) is 4.85 Å². The Morgan fingerprint density at radius 1 is 0.840 bits per heavy atom. The lowest BCUT2D eigenvalue weighted by Crippen LogP contribution is -1.86. The molecule has 0 amide bonds. The van der Waals surface area contributed by atoms with Crippen molar-refractivity contribution in [1.82, 2.24) is 4.98 Å². The van der Waals surface area contributed by atoms with Gasteiger partial charge < -0.3 is 4.42 Å². The van der Waals surface area contributed by atoms with Crippen LogP contribution < -0.4 is 0 Å². The first-order valence-corrected chi connectivity index (χ1v) is 8.02. The largest absolute Gasteiger partial charge is 0.457 e. The van der Waals surface area contributed by atoms with Crippen LogP contribution in [0.3, 0.4) is 0 Å². The number of para-hydroxylation sites is 1. The van der Waals surface area contributed by atoms with Crippen molar-refractivity contribution in [3.05, 3.63) is 84.3 Å². The number of pyridine rings is 1. The number of benzene rings is 3. The van der Waals surface area contributed by atoms with Gasteiger partial charge in [-0.15, -0.1) is 0 Å². The fraction of sp³-hybridized carbons (Fsp3) is 0. The van der Waals surface area contributed by atoms with Gasteiger partial charge in [-0.05, 0) is 23.6 Å². The highest BCUT2D eigenvalue weighted by molar-refractivity contribution is 6.11. The molecule has 0 saturated carbocycles. The predicted octanol–water partition coefficient (Wildman–Crippen LogP) is 6.35. The molecule has 25 heavy (non-hydrogen) atoms. The van der Waals surface area contributed by atoms with E-state index in [0.29, 0.717) is 5.69 Å². The second-order valence-electron chi connectivity index (χ2n) is 5.96. The molecule has 0 bridgehead atoms. The summed E-state index contributed by atoms with van der Waals surface area (Å²) in [5.74, 6) is 0. The van der Waals surface area contributed by atoms with Gasteiger partial charge in [-0.2, -0.15) is 0 Å². The maximum absolute atomic E-state index is 7.19. The number of furan rings is 1. The third-order valence-electron chi connectivity index (χ3n) is 4.54. The summed E-state index contributed by atoms with van der Waals surface area (Å²) in [5.41, 5.74) is 4.00. The third-order valence-corrected chi connectivity index (χ3v) is 4.54. The van der Waals surface area contributed by atoms with Crippen molar-refractivity contribution in [2.45, 2.75) is 0 Å². The van der Waals surface area contributed by atoms with Gasteiger partial charge in [0.2, 0.25) is 0 Å². The summed E-state index contributed by atoms with van der Waals surface area (Å²) in [7, 11) is 0. The summed E-state index contributed by atoms with van der Waals surface area (Å²) in [4.78, 5) is 8.11. The van der Waals surface area contributed by atoms with Gasteiger partial charge in [-0.1, -0.05) is 48.5 Å². The quantitative estimate of drug-likeness (QED) is 0.337. The molecule has 3 nitrogen and oxygen atoms in total. The highest BCUT2D eigenvalue weighted by atomic mass is 16.3. The monoisotopic (exact) mass is 320 g/mol. The maximum atomic E-state index is 7.19. The molecule has 0 N–H and O–H groups in total. The molecule has 0 unspecified atom stereocenters. The summed E-state index contributed by atoms with van der Waals surface area (Å²) in [6.45, 7) is 7.19. The van der Waals surface area contributed by atoms with E-state index in [9.17, 15) is 0 Å². The van der Waals surface area contributed by atoms with Crippen LogP contribution in [0.5, 0.6) is 0 Å². The second kappa shape index (κ2) is 5.19. The molecule has 5 rings (SSSR count). The number of hydrogen-bond acceptors (Lipinski definition) is 2. The van der Waals surface area contributed by atoms with Crippen molar-refractivity contribution in [3.8, 4) is 11.3 Å². The number of fused-ring (bicyclic) bond motifs is 4. The lowest BCUT2D eigenvalue weighted by molar-refractivity contribution is 0.670. The van der Waals surface area contributed by atoms with Crippen LogP contribution in [0.2, 0.25) is 0 Å². The highest BCUT2D eigenvalue weighted by Gasteiger charge is 2.14. The minimum atomic E-state index is 0.580. The average Bonchev–Trinajstić information content (AvgIpc) is 3.05. The first-order valence-electron chi connectivity index (χ1n) is 8.02. The van der Waals surface area contributed by atoms with Gasteiger partial charge in [0.15, 0.2) is 5.69 Å². The van der Waals surface area contributed by atoms with Crippen LogP contribution in [0, 0.1) is 6.57 Å². The number of hydrogen-bond donors (Lipinski definition) is 0. The van der Waals surface area contributed by atoms with Crippen molar-refractivity contribution in [2.75, 3.05) is 0 Å². The van der Waals surface area contributed by atoms with E-state index in [1.165, 1.54) is 0 Å². The number of aromatic nitrogens is 1. The van der Waals surface area contributed by atoms with Gasteiger partial charge in [-0.3, -0.25) is 4.98 Å². The molecule has 116 valence electrons. The molecule has 0 atom stereocenters. The first kappa shape index (κ1) is 13.8. The Morgan fingerprint density at radius 3 is 2.64 bits per heavy atom. The second-order valence-corrected chi connectivity index (χ2v) is 5.96. The Balaban J connectivity index is 1.89. The van der Waals surface area contributed by atoms with E-state index in [4.69, 9.17) is 11.0 Å². The van der Waals surface area contributed by atoms with Gasteiger partial charge in [0, 0.05) is 27.9 Å². The van der Waals surface area contributed by atoms with E-state index < -0.39 is 0 Å². The minimum Gasteiger partial charge on any atom is -0.457 e. The SMILES string of the molecule is [C-]#[N+]c1ccc2c(c1)oc1c(-c3nccc4ccccc34)cccc12. The lowest BCUT2D eigenvalue weighted by Gasteiger charge is -2.06. The lowest BCUT2D eigenvalue weighted by atomic mass is 10.0. The van der Waals surface area contributed by atoms with E-state index in [1.54, 1.807) is 6.07 Å². The summed E-state index contributed by atoms with van der Waals surface area (Å²) in [5, 5.41) is 4.30. The van der Waals surface area contributed by atoms with Gasteiger partial charge in [0.25, 0.3) is 0 Å². The zero-order valence-electron chi connectivity index (χ0n) is 13.2. The average molecular weight is 320 g/mol. The number of rotatable bonds is 1. The Bertz CT molecular complexity index is 1300. The smallest absolute Gasteiger partial charge is 0.190 e. The van der Waals surface area contributed by atoms with Crippen LogP contribution in [0.4, 0.5) is 5.69 Å². The minimum absolute atomic E-state index is 0.580. The molecule has 0 radical (unpaired) electrons. The Hall–Kier alpha value is -3.64. The molecule has 0 fully saturated rings. The molecule has 0 aliphatic heterocycles. The Kier molecular flexibility index (Phi) is 2.86. The molecule has 5 aromatic rings. The van der Waals surface area contributed by atoms with Crippen LogP contribution in [0.15, 0.2) is 77.3 Å². The van der Waals surface area contributed by atoms with E-state index >= 15 is 0 Å². The first-order chi connectivity index (χ1) is 12.3. The summed E-state index contributed by atoms with van der Waals surface area (Å²) < 4.78 is 6.15. The molecule has 2 heterocycles. The van der Waals surface area contributed by atoms with Crippen LogP contribution in [0.1, 0.15) is 0 Å². The molecule has 3 heteroatoms. The summed E-state index contributed by atoms with van der Waals surface area (Å²) in [6.07, 6.45) is 1.83. The van der Waals surface area contributed by atoms with Gasteiger partial charge in [0.1, 0.15) is 11.2 Å². The molecular weight excluding hydrogens is 308 g/mol. The maximum Gasteiger partial charge on any atom is 0.190 e. The van der Waals surface area contributed by atoms with Crippen LogP contribution in [0.25, 0.3) is 48.8 Å². The van der Waals surface area contributed by atoms with E-state index in [-0.39, 0.29) is 0 Å². The van der Waals surface area contributed by atoms with Crippen molar-refractivity contribution in [2.24, 2.45) is 0 Å². The zero-order chi connectivity index (χ0) is 16.8. The van der Waals surface area contributed by atoms with Crippen molar-refractivity contribution in [3.63, 3.8) is 0 Å². The molecule has 3 aromatic carbocycles. The zero-order valence-corrected chi connectivity index (χ0v) is 13.2. The standard InChI is InChI=1S/C22H12N2O/c1-23-15-9-10-17-18-7-4-8-19(22(18)25-20(17)13-15)21-16-6-3-2-5-14(16)11-12-24-21/h2-13H. The van der Waals surface area contributed by atoms with Gasteiger partial charge >= 0.3 is 0 Å². The Morgan fingerprint density at radius 2 is 1.72 bits per heavy atom. The van der Waals surface area contributed by atoms with Crippen molar-refractivity contribution < 1.29 is 4.42 Å². The fourth-order valence-corrected chi connectivity index (χ4v) is 3.38. The predicted molar refractivity (Wildman–Crippen MR) is 101 cm³/mol. The molecule has 0 spiro atoms. The molecule has 0 saturated heterocycles. The van der Waals surface area contributed by atoms with Crippen LogP contribution in [-0.4, -0.2) is 4.98 Å². The van der Waals surface area contributed by atoms with Gasteiger partial charge in [0.05, 0.1) is 12.3 Å². The van der Waals surface area contributed by atoms with Crippen molar-refractivity contribution >= 4 is 38.4 Å². The van der Waals surface area contributed by atoms with E-state index in [0.717, 1.165) is 44.0 Å². The summed E-state index contributed by atoms with van der Waals surface area (Å²) in [6, 6.07) is 21.9. The van der Waals surface area contributed by atoms with E-state index in [2.05, 4.69) is 22.0 Å². The molecular formula is C22H12N2O. The van der Waals surface area contributed by atoms with Crippen LogP contribution in [-0.2, 0) is 0 Å². The number of nitrogens with zero attached hydrogens (tertiary/aromatic N) is 2. The molecule has 0 aliphatic carbocycles. The third kappa shape index (κ3) is 2.02. The fourth-order valence-electron chi connectivity index (χ4n) is 3.38. The summed E-state index contributed by atoms with van der Waals surface area (Å²) >= 11 is 0.